The Balaban J connectivity index is 2.65. The van der Waals surface area contributed by atoms with Gasteiger partial charge in [0.25, 0.3) is 0 Å². The lowest BCUT2D eigenvalue weighted by Crippen LogP contribution is -2.04. The molecule has 0 spiro atoms. The largest absolute Gasteiger partial charge is 0.301 e. The molecule has 0 fully saturated rings. The Kier molecular flexibility index (Phi) is 2.80. The number of rotatable bonds is 2. The van der Waals surface area contributed by atoms with Crippen LogP contribution in [0, 0.1) is 0 Å². The van der Waals surface area contributed by atoms with Gasteiger partial charge in [0.05, 0.1) is 0 Å². The quantitative estimate of drug-likeness (QED) is 0.523. The highest BCUT2D eigenvalue weighted by Gasteiger charge is 2.03. The monoisotopic (exact) mass is 190 g/mol. The lowest BCUT2D eigenvalue weighted by atomic mass is 10.7. The molecule has 0 unspecified atom stereocenters. The van der Waals surface area contributed by atoms with Crippen molar-refractivity contribution in [3.05, 3.63) is 0 Å². The Bertz CT molecular complexity index is 260. The van der Waals surface area contributed by atoms with Gasteiger partial charge >= 0.3 is 0 Å². The molecule has 1 aromatic rings. The van der Waals surface area contributed by atoms with E-state index in [1.807, 2.05) is 0 Å². The number of carbonyl (C=O) groups excluding carboxylic acids is 1. The zero-order valence-corrected chi connectivity index (χ0v) is 7.33. The summed E-state index contributed by atoms with van der Waals surface area (Å²) in [5.41, 5.74) is 0. The third-order valence-electron chi connectivity index (χ3n) is 0.790. The maximum Gasteiger partial charge on any atom is 0.223 e. The fourth-order valence-corrected chi connectivity index (χ4v) is 1.50. The molecule has 0 radical (unpaired) electrons. The fourth-order valence-electron chi connectivity index (χ4n) is 0.458. The summed E-state index contributed by atoms with van der Waals surface area (Å²) < 4.78 is 0.633. The van der Waals surface area contributed by atoms with Crippen molar-refractivity contribution in [2.24, 2.45) is 5.14 Å². The van der Waals surface area contributed by atoms with Crippen molar-refractivity contribution in [2.75, 3.05) is 5.32 Å². The summed E-state index contributed by atoms with van der Waals surface area (Å²) in [4.78, 5) is 10.5. The molecule has 3 N–H and O–H groups in total. The highest BCUT2D eigenvalue weighted by Crippen LogP contribution is 2.20. The zero-order chi connectivity index (χ0) is 8.27. The fraction of sp³-hybridized carbons (Fsp3) is 0.250. The molecule has 0 saturated carbocycles. The smallest absolute Gasteiger partial charge is 0.223 e. The van der Waals surface area contributed by atoms with E-state index < -0.39 is 0 Å². The van der Waals surface area contributed by atoms with Crippen LogP contribution in [0.25, 0.3) is 0 Å². The predicted molar refractivity (Wildman–Crippen MR) is 44.3 cm³/mol. The molecule has 0 aromatic carbocycles. The third kappa shape index (κ3) is 2.45. The molecule has 1 aromatic heterocycles. The SMILES string of the molecule is CC(=O)Nc1nnc(SN)s1. The summed E-state index contributed by atoms with van der Waals surface area (Å²) in [5.74, 6) is -0.158. The van der Waals surface area contributed by atoms with E-state index in [2.05, 4.69) is 15.5 Å². The van der Waals surface area contributed by atoms with Gasteiger partial charge in [-0.15, -0.1) is 10.2 Å². The van der Waals surface area contributed by atoms with Crippen molar-refractivity contribution < 1.29 is 4.79 Å². The van der Waals surface area contributed by atoms with Crippen molar-refractivity contribution in [3.8, 4) is 0 Å². The average Bonchev–Trinajstić information content (AvgIpc) is 2.34. The Labute approximate surface area is 71.5 Å². The second-order valence-electron chi connectivity index (χ2n) is 1.67. The minimum atomic E-state index is -0.158. The van der Waals surface area contributed by atoms with Gasteiger partial charge in [0.15, 0.2) is 4.34 Å². The van der Waals surface area contributed by atoms with Crippen LogP contribution in [0.1, 0.15) is 6.92 Å². The molecule has 1 rings (SSSR count). The first-order chi connectivity index (χ1) is 5.22. The van der Waals surface area contributed by atoms with Gasteiger partial charge in [0.1, 0.15) is 0 Å². The lowest BCUT2D eigenvalue weighted by molar-refractivity contribution is -0.114. The zero-order valence-electron chi connectivity index (χ0n) is 5.70. The van der Waals surface area contributed by atoms with Gasteiger partial charge < -0.3 is 5.32 Å². The molecule has 0 aliphatic rings. The summed E-state index contributed by atoms with van der Waals surface area (Å²) in [5, 5.41) is 15.5. The van der Waals surface area contributed by atoms with Crippen molar-refractivity contribution in [1.82, 2.24) is 10.2 Å². The van der Waals surface area contributed by atoms with Gasteiger partial charge in [-0.05, 0) is 11.9 Å². The van der Waals surface area contributed by atoms with Gasteiger partial charge in [-0.3, -0.25) is 9.93 Å². The number of nitrogens with two attached hydrogens (primary N) is 1. The molecule has 11 heavy (non-hydrogen) atoms. The van der Waals surface area contributed by atoms with E-state index in [-0.39, 0.29) is 5.91 Å². The third-order valence-corrected chi connectivity index (χ3v) is 2.25. The van der Waals surface area contributed by atoms with Crippen LogP contribution in [0.5, 0.6) is 0 Å². The van der Waals surface area contributed by atoms with Crippen molar-refractivity contribution in [2.45, 2.75) is 11.3 Å². The number of nitrogens with one attached hydrogen (secondary N) is 1. The van der Waals surface area contributed by atoms with E-state index in [9.17, 15) is 4.79 Å². The van der Waals surface area contributed by atoms with Gasteiger partial charge in [0.2, 0.25) is 11.0 Å². The van der Waals surface area contributed by atoms with Gasteiger partial charge in [0, 0.05) is 6.92 Å². The van der Waals surface area contributed by atoms with E-state index in [0.717, 1.165) is 11.9 Å². The van der Waals surface area contributed by atoms with Crippen LogP contribution in [-0.2, 0) is 4.79 Å². The van der Waals surface area contributed by atoms with Crippen LogP contribution in [0.2, 0.25) is 0 Å². The normalized spacial score (nSPS) is 9.64. The molecule has 0 aliphatic carbocycles. The Hall–Kier alpha value is -0.660. The summed E-state index contributed by atoms with van der Waals surface area (Å²) in [7, 11) is 0. The topological polar surface area (TPSA) is 80.9 Å². The van der Waals surface area contributed by atoms with Crippen LogP contribution >= 0.6 is 23.3 Å². The summed E-state index contributed by atoms with van der Waals surface area (Å²) >= 11 is 2.26. The summed E-state index contributed by atoms with van der Waals surface area (Å²) in [6.45, 7) is 1.41. The summed E-state index contributed by atoms with van der Waals surface area (Å²) in [6, 6.07) is 0. The first-order valence-corrected chi connectivity index (χ1v) is 4.40. The van der Waals surface area contributed by atoms with Gasteiger partial charge in [-0.25, -0.2) is 0 Å². The van der Waals surface area contributed by atoms with Crippen LogP contribution in [0.3, 0.4) is 0 Å². The Morgan fingerprint density at radius 1 is 1.73 bits per heavy atom. The average molecular weight is 190 g/mol. The molecule has 0 bridgehead atoms. The Morgan fingerprint density at radius 2 is 2.45 bits per heavy atom. The van der Waals surface area contributed by atoms with Crippen molar-refractivity contribution >= 4 is 34.3 Å². The van der Waals surface area contributed by atoms with Crippen LogP contribution in [-0.4, -0.2) is 16.1 Å². The van der Waals surface area contributed by atoms with E-state index >= 15 is 0 Å². The highest BCUT2D eigenvalue weighted by molar-refractivity contribution is 7.98. The van der Waals surface area contributed by atoms with E-state index in [0.29, 0.717) is 9.47 Å². The van der Waals surface area contributed by atoms with Crippen LogP contribution in [0.15, 0.2) is 4.34 Å². The minimum Gasteiger partial charge on any atom is -0.301 e. The molecule has 1 heterocycles. The maximum atomic E-state index is 10.5. The number of amides is 1. The molecular weight excluding hydrogens is 184 g/mol. The lowest BCUT2D eigenvalue weighted by Gasteiger charge is -1.89. The number of aromatic nitrogens is 2. The van der Waals surface area contributed by atoms with Crippen molar-refractivity contribution in [3.63, 3.8) is 0 Å². The molecule has 0 atom stereocenters. The minimum absolute atomic E-state index is 0.158. The molecular formula is C4H6N4OS2. The molecule has 0 saturated heterocycles. The number of nitrogens with zero attached hydrogens (tertiary/aromatic N) is 2. The standard InChI is InChI=1S/C4H6N4OS2/c1-2(9)6-3-7-8-4(10-3)11-5/h5H2,1H3,(H,6,7,9). The van der Waals surface area contributed by atoms with Crippen molar-refractivity contribution in [1.29, 1.82) is 0 Å². The number of anilines is 1. The second-order valence-corrected chi connectivity index (χ2v) is 3.53. The first kappa shape index (κ1) is 8.44. The van der Waals surface area contributed by atoms with E-state index in [1.54, 1.807) is 0 Å². The van der Waals surface area contributed by atoms with Gasteiger partial charge in [-0.1, -0.05) is 11.3 Å². The number of hydrogen-bond donors (Lipinski definition) is 2. The Morgan fingerprint density at radius 3 is 2.91 bits per heavy atom. The molecule has 7 heteroatoms. The second kappa shape index (κ2) is 3.65. The van der Waals surface area contributed by atoms with Crippen LogP contribution in [0.4, 0.5) is 5.13 Å². The van der Waals surface area contributed by atoms with Crippen LogP contribution < -0.4 is 10.5 Å². The predicted octanol–water partition coefficient (Wildman–Crippen LogP) is 0.462. The highest BCUT2D eigenvalue weighted by atomic mass is 32.2. The first-order valence-electron chi connectivity index (χ1n) is 2.70. The molecule has 60 valence electrons. The maximum absolute atomic E-state index is 10.5. The van der Waals surface area contributed by atoms with Gasteiger partial charge in [-0.2, -0.15) is 0 Å². The van der Waals surface area contributed by atoms with E-state index in [1.165, 1.54) is 18.3 Å². The summed E-state index contributed by atoms with van der Waals surface area (Å²) in [6.07, 6.45) is 0. The molecule has 0 aliphatic heterocycles. The number of carbonyl (C=O) groups is 1. The molecule has 5 nitrogen and oxygen atoms in total. The van der Waals surface area contributed by atoms with E-state index in [4.69, 9.17) is 5.14 Å². The number of hydrogen-bond acceptors (Lipinski definition) is 6. The molecule has 1 amide bonds.